The smallest absolute Gasteiger partial charge is 0.274 e. The number of hydrogen-bond donors (Lipinski definition) is 3. The Morgan fingerprint density at radius 1 is 1.50 bits per heavy atom. The molecular weight excluding hydrogens is 230 g/mol. The Morgan fingerprint density at radius 3 is 2.50 bits per heavy atom. The van der Waals surface area contributed by atoms with Crippen molar-refractivity contribution in [2.75, 3.05) is 26.4 Å². The van der Waals surface area contributed by atoms with Gasteiger partial charge in [-0.1, -0.05) is 13.8 Å². The van der Waals surface area contributed by atoms with E-state index in [1.807, 2.05) is 19.0 Å². The van der Waals surface area contributed by atoms with E-state index in [1.165, 1.54) is 0 Å². The molecule has 0 saturated carbocycles. The zero-order valence-electron chi connectivity index (χ0n) is 11.7. The molecule has 1 atom stereocenters. The topological polar surface area (TPSA) is 87.0 Å². The molecule has 0 aliphatic rings. The molecular formula is C12H23N5O. The first-order valence-corrected chi connectivity index (χ1v) is 6.09. The van der Waals surface area contributed by atoms with Crippen LogP contribution in [0.5, 0.6) is 0 Å². The van der Waals surface area contributed by atoms with Gasteiger partial charge in [0.05, 0.1) is 11.4 Å². The van der Waals surface area contributed by atoms with Gasteiger partial charge in [0, 0.05) is 12.6 Å². The monoisotopic (exact) mass is 253 g/mol. The Bertz CT molecular complexity index is 411. The number of nitrogens with zero attached hydrogens (tertiary/aromatic N) is 2. The van der Waals surface area contributed by atoms with Crippen LogP contribution in [0, 0.1) is 12.8 Å². The summed E-state index contributed by atoms with van der Waals surface area (Å²) in [4.78, 5) is 14.1. The number of carbonyl (C=O) groups is 1. The summed E-state index contributed by atoms with van der Waals surface area (Å²) in [5, 5.41) is 9.62. The molecule has 102 valence electrons. The highest BCUT2D eigenvalue weighted by molar-refractivity contribution is 5.97. The first kappa shape index (κ1) is 14.5. The fourth-order valence-electron chi connectivity index (χ4n) is 1.66. The zero-order valence-corrected chi connectivity index (χ0v) is 11.7. The van der Waals surface area contributed by atoms with Crippen LogP contribution in [0.15, 0.2) is 0 Å². The fraction of sp³-hybridized carbons (Fsp3) is 0.667. The second kappa shape index (κ2) is 5.86. The lowest BCUT2D eigenvalue weighted by atomic mass is 10.0. The van der Waals surface area contributed by atoms with Crippen LogP contribution in [0.4, 0.5) is 5.69 Å². The Morgan fingerprint density at radius 2 is 2.11 bits per heavy atom. The number of aryl methyl sites for hydroxylation is 1. The van der Waals surface area contributed by atoms with Crippen molar-refractivity contribution < 1.29 is 4.79 Å². The van der Waals surface area contributed by atoms with Gasteiger partial charge in [0.2, 0.25) is 0 Å². The molecule has 0 radical (unpaired) electrons. The summed E-state index contributed by atoms with van der Waals surface area (Å²) in [5.41, 5.74) is 7.20. The van der Waals surface area contributed by atoms with Crippen molar-refractivity contribution in [2.45, 2.75) is 26.8 Å². The number of anilines is 1. The van der Waals surface area contributed by atoms with Gasteiger partial charge in [-0.15, -0.1) is 0 Å². The Labute approximate surface area is 108 Å². The third-order valence-corrected chi connectivity index (χ3v) is 2.89. The summed E-state index contributed by atoms with van der Waals surface area (Å²) >= 11 is 0. The van der Waals surface area contributed by atoms with Gasteiger partial charge in [0.15, 0.2) is 5.69 Å². The van der Waals surface area contributed by atoms with E-state index < -0.39 is 0 Å². The van der Waals surface area contributed by atoms with Gasteiger partial charge in [-0.3, -0.25) is 9.89 Å². The maximum Gasteiger partial charge on any atom is 0.274 e. The number of hydrogen-bond acceptors (Lipinski definition) is 4. The summed E-state index contributed by atoms with van der Waals surface area (Å²) in [6, 6.07) is 0.0731. The molecule has 0 spiro atoms. The first-order chi connectivity index (χ1) is 8.32. The predicted octanol–water partition coefficient (Wildman–Crippen LogP) is 0.616. The number of rotatable bonds is 5. The molecule has 0 bridgehead atoms. The lowest BCUT2D eigenvalue weighted by Gasteiger charge is -2.25. The zero-order chi connectivity index (χ0) is 13.9. The Balaban J connectivity index is 2.75. The van der Waals surface area contributed by atoms with Crippen LogP contribution in [0.2, 0.25) is 0 Å². The molecule has 0 saturated heterocycles. The van der Waals surface area contributed by atoms with E-state index in [1.54, 1.807) is 6.92 Å². The van der Waals surface area contributed by atoms with Gasteiger partial charge in [0.1, 0.15) is 0 Å². The second-order valence-corrected chi connectivity index (χ2v) is 5.20. The number of likely N-dealkylation sites (N-methyl/N-ethyl adjacent to an activating group) is 1. The van der Waals surface area contributed by atoms with E-state index in [4.69, 9.17) is 5.73 Å². The largest absolute Gasteiger partial charge is 0.395 e. The quantitative estimate of drug-likeness (QED) is 0.718. The minimum absolute atomic E-state index is 0.0731. The van der Waals surface area contributed by atoms with Crippen molar-refractivity contribution in [3.63, 3.8) is 0 Å². The van der Waals surface area contributed by atoms with Gasteiger partial charge < -0.3 is 16.0 Å². The van der Waals surface area contributed by atoms with Crippen molar-refractivity contribution in [3.8, 4) is 0 Å². The van der Waals surface area contributed by atoms with E-state index in [9.17, 15) is 4.79 Å². The van der Waals surface area contributed by atoms with Gasteiger partial charge in [-0.2, -0.15) is 5.10 Å². The van der Waals surface area contributed by atoms with Crippen molar-refractivity contribution in [3.05, 3.63) is 11.4 Å². The van der Waals surface area contributed by atoms with Crippen LogP contribution in [0.3, 0.4) is 0 Å². The number of nitrogens with one attached hydrogen (secondary N) is 2. The molecule has 0 fully saturated rings. The molecule has 0 aromatic carbocycles. The summed E-state index contributed by atoms with van der Waals surface area (Å²) in [5.74, 6) is 0.120. The Kier molecular flexibility index (Phi) is 4.72. The molecule has 1 unspecified atom stereocenters. The van der Waals surface area contributed by atoms with Crippen molar-refractivity contribution in [2.24, 2.45) is 5.92 Å². The molecule has 1 aromatic heterocycles. The molecule has 18 heavy (non-hydrogen) atoms. The fourth-order valence-corrected chi connectivity index (χ4v) is 1.66. The van der Waals surface area contributed by atoms with Crippen LogP contribution < -0.4 is 11.1 Å². The van der Waals surface area contributed by atoms with E-state index in [0.717, 1.165) is 6.54 Å². The third-order valence-electron chi connectivity index (χ3n) is 2.89. The summed E-state index contributed by atoms with van der Waals surface area (Å²) in [6.07, 6.45) is 0. The van der Waals surface area contributed by atoms with Crippen LogP contribution in [0.1, 0.15) is 30.0 Å². The minimum Gasteiger partial charge on any atom is -0.395 e. The summed E-state index contributed by atoms with van der Waals surface area (Å²) in [6.45, 7) is 6.73. The van der Waals surface area contributed by atoms with Gasteiger partial charge in [0.25, 0.3) is 5.91 Å². The molecule has 0 aliphatic heterocycles. The van der Waals surface area contributed by atoms with Gasteiger partial charge in [-0.05, 0) is 26.9 Å². The number of nitrogens with two attached hydrogens (primary N) is 1. The highest BCUT2D eigenvalue weighted by Crippen LogP contribution is 2.13. The molecule has 6 nitrogen and oxygen atoms in total. The third kappa shape index (κ3) is 3.46. The number of nitrogen functional groups attached to an aromatic ring is 1. The highest BCUT2D eigenvalue weighted by Gasteiger charge is 2.21. The standard InChI is InChI=1S/C12H23N5O/c1-7(2)9(6-17(4)5)14-12(18)11-10(13)8(3)15-16-11/h7,9H,6,13H2,1-5H3,(H,14,18)(H,15,16). The predicted molar refractivity (Wildman–Crippen MR) is 72.4 cm³/mol. The number of carbonyl (C=O) groups excluding carboxylic acids is 1. The number of amides is 1. The number of aromatic nitrogens is 2. The van der Waals surface area contributed by atoms with Crippen LogP contribution in [0.25, 0.3) is 0 Å². The lowest BCUT2D eigenvalue weighted by molar-refractivity contribution is 0.0912. The average molecular weight is 253 g/mol. The number of aromatic amines is 1. The van der Waals surface area contributed by atoms with Crippen molar-refractivity contribution >= 4 is 11.6 Å². The molecule has 1 aromatic rings. The molecule has 1 amide bonds. The molecule has 1 rings (SSSR count). The van der Waals surface area contributed by atoms with Crippen LogP contribution in [-0.2, 0) is 0 Å². The maximum atomic E-state index is 12.1. The van der Waals surface area contributed by atoms with Gasteiger partial charge >= 0.3 is 0 Å². The minimum atomic E-state index is -0.225. The van der Waals surface area contributed by atoms with Crippen molar-refractivity contribution in [1.29, 1.82) is 0 Å². The van der Waals surface area contributed by atoms with Crippen LogP contribution >= 0.6 is 0 Å². The highest BCUT2D eigenvalue weighted by atomic mass is 16.2. The molecule has 1 heterocycles. The number of H-pyrrole nitrogens is 1. The molecule has 4 N–H and O–H groups in total. The normalized spacial score (nSPS) is 13.1. The first-order valence-electron chi connectivity index (χ1n) is 6.09. The SMILES string of the molecule is Cc1[nH]nc(C(=O)NC(CN(C)C)C(C)C)c1N. The van der Waals surface area contributed by atoms with E-state index in [-0.39, 0.29) is 17.6 Å². The van der Waals surface area contributed by atoms with E-state index >= 15 is 0 Å². The summed E-state index contributed by atoms with van der Waals surface area (Å²) in [7, 11) is 3.96. The molecule has 0 aliphatic carbocycles. The van der Waals surface area contributed by atoms with E-state index in [0.29, 0.717) is 17.3 Å². The van der Waals surface area contributed by atoms with Crippen LogP contribution in [-0.4, -0.2) is 47.7 Å². The maximum absolute atomic E-state index is 12.1. The Hall–Kier alpha value is -1.56. The lowest BCUT2D eigenvalue weighted by Crippen LogP contribution is -2.45. The average Bonchev–Trinajstić information content (AvgIpc) is 2.58. The second-order valence-electron chi connectivity index (χ2n) is 5.20. The van der Waals surface area contributed by atoms with Gasteiger partial charge in [-0.25, -0.2) is 0 Å². The molecule has 6 heteroatoms. The summed E-state index contributed by atoms with van der Waals surface area (Å²) < 4.78 is 0. The van der Waals surface area contributed by atoms with E-state index in [2.05, 4.69) is 29.4 Å². The van der Waals surface area contributed by atoms with Crippen molar-refractivity contribution in [1.82, 2.24) is 20.4 Å².